The molecule has 0 saturated carbocycles. The molecule has 132 valence electrons. The zero-order chi connectivity index (χ0) is 18.0. The van der Waals surface area contributed by atoms with Crippen LogP contribution in [0.1, 0.15) is 33.1 Å². The summed E-state index contributed by atoms with van der Waals surface area (Å²) in [6.07, 6.45) is 0.978. The second-order valence-electron chi connectivity index (χ2n) is 5.09. The average Bonchev–Trinajstić information content (AvgIpc) is 2.48. The van der Waals surface area contributed by atoms with E-state index in [4.69, 9.17) is 22.3 Å². The molecule has 0 aliphatic rings. The first-order valence-electron chi connectivity index (χ1n) is 7.33. The quantitative estimate of drug-likeness (QED) is 0.150. The maximum atomic E-state index is 11.9. The van der Waals surface area contributed by atoms with Gasteiger partial charge in [-0.25, -0.2) is 4.79 Å². The second kappa shape index (κ2) is 10.4. The summed E-state index contributed by atoms with van der Waals surface area (Å²) in [6, 6.07) is -2.68. The Morgan fingerprint density at radius 1 is 1.17 bits per heavy atom. The summed E-state index contributed by atoms with van der Waals surface area (Å²) in [5.41, 5.74) is 15.9. The number of carboxylic acid groups (broad SMARTS) is 1. The largest absolute Gasteiger partial charge is 0.480 e. The third-order valence-electron chi connectivity index (χ3n) is 3.09. The number of aliphatic imine (C=N–C) groups is 1. The molecule has 0 saturated heterocycles. The topological polar surface area (TPSA) is 186 Å². The van der Waals surface area contributed by atoms with Crippen molar-refractivity contribution < 1.29 is 19.5 Å². The molecule has 0 unspecified atom stereocenters. The van der Waals surface area contributed by atoms with Crippen molar-refractivity contribution in [1.29, 1.82) is 0 Å². The van der Waals surface area contributed by atoms with Crippen LogP contribution in [0.15, 0.2) is 4.99 Å². The molecule has 0 aliphatic heterocycles. The Labute approximate surface area is 134 Å². The molecule has 3 atom stereocenters. The fourth-order valence-corrected chi connectivity index (χ4v) is 1.63. The van der Waals surface area contributed by atoms with Crippen molar-refractivity contribution >= 4 is 23.7 Å². The van der Waals surface area contributed by atoms with Gasteiger partial charge in [0, 0.05) is 6.54 Å². The molecule has 0 heterocycles. The molecule has 2 amide bonds. The number of amides is 2. The van der Waals surface area contributed by atoms with Crippen molar-refractivity contribution in [3.63, 3.8) is 0 Å². The molecule has 0 fully saturated rings. The van der Waals surface area contributed by atoms with Crippen LogP contribution in [0.2, 0.25) is 0 Å². The zero-order valence-corrected chi connectivity index (χ0v) is 13.4. The first-order valence-corrected chi connectivity index (χ1v) is 7.33. The Kier molecular flexibility index (Phi) is 9.31. The molecule has 0 spiro atoms. The molecule has 0 rings (SSSR count). The number of guanidine groups is 1. The average molecular weight is 330 g/mol. The van der Waals surface area contributed by atoms with Gasteiger partial charge in [-0.15, -0.1) is 0 Å². The van der Waals surface area contributed by atoms with E-state index < -0.39 is 35.9 Å². The maximum Gasteiger partial charge on any atom is 0.326 e. The number of carbonyl (C=O) groups is 3. The standard InChI is InChI=1S/C13H26N6O4/c1-3-8(14)11(21)18-7(2)10(20)19-9(12(22)23)5-4-6-17-13(15)16/h7-9H,3-6,14H2,1-2H3,(H,18,21)(H,19,20)(H,22,23)(H4,15,16,17)/t7-,8-,9-/m0/s1. The van der Waals surface area contributed by atoms with Crippen LogP contribution in [-0.4, -0.2) is 53.5 Å². The van der Waals surface area contributed by atoms with Gasteiger partial charge in [0.05, 0.1) is 6.04 Å². The van der Waals surface area contributed by atoms with Crippen LogP contribution in [0, 0.1) is 0 Å². The van der Waals surface area contributed by atoms with Crippen LogP contribution >= 0.6 is 0 Å². The summed E-state index contributed by atoms with van der Waals surface area (Å²) in [7, 11) is 0. The lowest BCUT2D eigenvalue weighted by Crippen LogP contribution is -2.53. The summed E-state index contributed by atoms with van der Waals surface area (Å²) < 4.78 is 0. The van der Waals surface area contributed by atoms with Crippen LogP contribution in [0.4, 0.5) is 0 Å². The maximum absolute atomic E-state index is 11.9. The molecular weight excluding hydrogens is 304 g/mol. The Bertz CT molecular complexity index is 450. The van der Waals surface area contributed by atoms with Crippen molar-refractivity contribution in [2.45, 2.75) is 51.2 Å². The lowest BCUT2D eigenvalue weighted by atomic mass is 10.1. The molecule has 0 aromatic carbocycles. The van der Waals surface area contributed by atoms with Gasteiger partial charge in [0.25, 0.3) is 0 Å². The van der Waals surface area contributed by atoms with Crippen molar-refractivity contribution in [2.75, 3.05) is 6.54 Å². The first kappa shape index (κ1) is 20.6. The van der Waals surface area contributed by atoms with Crippen molar-refractivity contribution in [3.05, 3.63) is 0 Å². The molecule has 23 heavy (non-hydrogen) atoms. The van der Waals surface area contributed by atoms with E-state index in [0.717, 1.165) is 0 Å². The zero-order valence-electron chi connectivity index (χ0n) is 13.4. The highest BCUT2D eigenvalue weighted by Crippen LogP contribution is 2.00. The summed E-state index contributed by atoms with van der Waals surface area (Å²) in [4.78, 5) is 38.4. The Morgan fingerprint density at radius 3 is 2.26 bits per heavy atom. The Balaban J connectivity index is 4.46. The number of nitrogens with two attached hydrogens (primary N) is 3. The molecule has 0 bridgehead atoms. The summed E-state index contributed by atoms with van der Waals surface area (Å²) in [5.74, 6) is -2.32. The van der Waals surface area contributed by atoms with E-state index in [-0.39, 0.29) is 18.9 Å². The van der Waals surface area contributed by atoms with Gasteiger partial charge in [0.2, 0.25) is 11.8 Å². The van der Waals surface area contributed by atoms with Gasteiger partial charge < -0.3 is 32.9 Å². The highest BCUT2D eigenvalue weighted by molar-refractivity contribution is 5.91. The SMILES string of the molecule is CC[C@H](N)C(=O)N[C@@H](C)C(=O)N[C@@H](CCCN=C(N)N)C(=O)O. The third-order valence-corrected chi connectivity index (χ3v) is 3.09. The fourth-order valence-electron chi connectivity index (χ4n) is 1.63. The fraction of sp³-hybridized carbons (Fsp3) is 0.692. The molecule has 0 aliphatic carbocycles. The minimum Gasteiger partial charge on any atom is -0.480 e. The van der Waals surface area contributed by atoms with E-state index in [2.05, 4.69) is 15.6 Å². The van der Waals surface area contributed by atoms with Gasteiger partial charge in [-0.2, -0.15) is 0 Å². The molecule has 0 aromatic heterocycles. The highest BCUT2D eigenvalue weighted by atomic mass is 16.4. The van der Waals surface area contributed by atoms with E-state index in [1.165, 1.54) is 6.92 Å². The molecule has 9 N–H and O–H groups in total. The number of carbonyl (C=O) groups excluding carboxylic acids is 2. The summed E-state index contributed by atoms with van der Waals surface area (Å²) >= 11 is 0. The van der Waals surface area contributed by atoms with Gasteiger partial charge in [0.15, 0.2) is 5.96 Å². The minimum atomic E-state index is -1.17. The number of aliphatic carboxylic acids is 1. The predicted octanol–water partition coefficient (Wildman–Crippen LogP) is -2.15. The number of nitrogens with one attached hydrogen (secondary N) is 2. The molecule has 0 radical (unpaired) electrons. The highest BCUT2D eigenvalue weighted by Gasteiger charge is 2.24. The van der Waals surface area contributed by atoms with E-state index >= 15 is 0 Å². The van der Waals surface area contributed by atoms with E-state index in [9.17, 15) is 14.4 Å². The predicted molar refractivity (Wildman–Crippen MR) is 85.3 cm³/mol. The van der Waals surface area contributed by atoms with Crippen molar-refractivity contribution in [2.24, 2.45) is 22.2 Å². The lowest BCUT2D eigenvalue weighted by molar-refractivity contribution is -0.142. The van der Waals surface area contributed by atoms with Crippen molar-refractivity contribution in [3.8, 4) is 0 Å². The van der Waals surface area contributed by atoms with E-state index in [1.54, 1.807) is 6.92 Å². The van der Waals surface area contributed by atoms with Gasteiger partial charge >= 0.3 is 5.97 Å². The normalized spacial score (nSPS) is 14.2. The number of carboxylic acids is 1. The van der Waals surface area contributed by atoms with Gasteiger partial charge in [-0.3, -0.25) is 14.6 Å². The first-order chi connectivity index (χ1) is 10.7. The van der Waals surface area contributed by atoms with Crippen molar-refractivity contribution in [1.82, 2.24) is 10.6 Å². The van der Waals surface area contributed by atoms with E-state index in [0.29, 0.717) is 12.8 Å². The summed E-state index contributed by atoms with van der Waals surface area (Å²) in [5, 5.41) is 13.9. The summed E-state index contributed by atoms with van der Waals surface area (Å²) in [6.45, 7) is 3.46. The number of hydrogen-bond acceptors (Lipinski definition) is 5. The molecule has 10 nitrogen and oxygen atoms in total. The molecule has 0 aromatic rings. The Hall–Kier alpha value is -2.36. The minimum absolute atomic E-state index is 0.0792. The number of hydrogen-bond donors (Lipinski definition) is 6. The molecule has 10 heteroatoms. The third kappa shape index (κ3) is 8.61. The van der Waals surface area contributed by atoms with Crippen LogP contribution in [0.3, 0.4) is 0 Å². The van der Waals surface area contributed by atoms with Crippen LogP contribution in [-0.2, 0) is 14.4 Å². The van der Waals surface area contributed by atoms with Gasteiger partial charge in [-0.05, 0) is 26.2 Å². The Morgan fingerprint density at radius 2 is 1.78 bits per heavy atom. The van der Waals surface area contributed by atoms with Gasteiger partial charge in [-0.1, -0.05) is 6.92 Å². The molecular formula is C13H26N6O4. The monoisotopic (exact) mass is 330 g/mol. The smallest absolute Gasteiger partial charge is 0.326 e. The number of nitrogens with zero attached hydrogens (tertiary/aromatic N) is 1. The van der Waals surface area contributed by atoms with Crippen LogP contribution < -0.4 is 27.8 Å². The number of rotatable bonds is 10. The van der Waals surface area contributed by atoms with Crippen LogP contribution in [0.25, 0.3) is 0 Å². The van der Waals surface area contributed by atoms with Crippen LogP contribution in [0.5, 0.6) is 0 Å². The van der Waals surface area contributed by atoms with Gasteiger partial charge in [0.1, 0.15) is 12.1 Å². The second-order valence-corrected chi connectivity index (χ2v) is 5.09. The van der Waals surface area contributed by atoms with E-state index in [1.807, 2.05) is 0 Å². The lowest BCUT2D eigenvalue weighted by Gasteiger charge is -2.19.